The Morgan fingerprint density at radius 3 is 2.50 bits per heavy atom. The summed E-state index contributed by atoms with van der Waals surface area (Å²) in [6.45, 7) is 4.69. The van der Waals surface area contributed by atoms with Gasteiger partial charge in [-0.1, -0.05) is 25.5 Å². The van der Waals surface area contributed by atoms with Gasteiger partial charge in [0, 0.05) is 18.3 Å². The molecule has 0 amide bonds. The van der Waals surface area contributed by atoms with Crippen molar-refractivity contribution in [2.24, 2.45) is 5.73 Å². The second-order valence-electron chi connectivity index (χ2n) is 5.02. The van der Waals surface area contributed by atoms with Crippen LogP contribution in [0.3, 0.4) is 0 Å². The second kappa shape index (κ2) is 7.06. The lowest BCUT2D eigenvalue weighted by molar-refractivity contribution is 0.458. The fourth-order valence-electron chi connectivity index (χ4n) is 2.06. The molecule has 0 saturated heterocycles. The SMILES string of the molecule is CCCCc1ccc(Oc2ncc(CN)cc2C)cc1. The van der Waals surface area contributed by atoms with E-state index in [1.165, 1.54) is 18.4 Å². The van der Waals surface area contributed by atoms with Crippen molar-refractivity contribution in [2.45, 2.75) is 39.7 Å². The average Bonchev–Trinajstić information content (AvgIpc) is 2.48. The van der Waals surface area contributed by atoms with E-state index >= 15 is 0 Å². The molecule has 3 nitrogen and oxygen atoms in total. The third-order valence-corrected chi connectivity index (χ3v) is 3.28. The van der Waals surface area contributed by atoms with Crippen molar-refractivity contribution in [3.05, 3.63) is 53.2 Å². The number of hydrogen-bond acceptors (Lipinski definition) is 3. The number of nitrogens with zero attached hydrogens (tertiary/aromatic N) is 1. The highest BCUT2D eigenvalue weighted by Crippen LogP contribution is 2.23. The molecule has 0 spiro atoms. The highest BCUT2D eigenvalue weighted by atomic mass is 16.5. The number of nitrogens with two attached hydrogens (primary N) is 1. The molecule has 2 rings (SSSR count). The van der Waals surface area contributed by atoms with Gasteiger partial charge in [-0.25, -0.2) is 4.98 Å². The monoisotopic (exact) mass is 270 g/mol. The number of benzene rings is 1. The predicted molar refractivity (Wildman–Crippen MR) is 82.0 cm³/mol. The van der Waals surface area contributed by atoms with Crippen LogP contribution in [0.2, 0.25) is 0 Å². The predicted octanol–water partition coefficient (Wildman–Crippen LogP) is 3.98. The van der Waals surface area contributed by atoms with Gasteiger partial charge in [0.2, 0.25) is 5.88 Å². The summed E-state index contributed by atoms with van der Waals surface area (Å²) in [7, 11) is 0. The van der Waals surface area contributed by atoms with Crippen LogP contribution in [0.15, 0.2) is 36.5 Å². The van der Waals surface area contributed by atoms with Crippen LogP contribution in [0.1, 0.15) is 36.5 Å². The summed E-state index contributed by atoms with van der Waals surface area (Å²) < 4.78 is 5.82. The van der Waals surface area contributed by atoms with Crippen LogP contribution < -0.4 is 10.5 Å². The third kappa shape index (κ3) is 3.81. The number of unbranched alkanes of at least 4 members (excludes halogenated alkanes) is 1. The highest BCUT2D eigenvalue weighted by molar-refractivity contribution is 5.35. The summed E-state index contributed by atoms with van der Waals surface area (Å²) in [4.78, 5) is 4.31. The Kier molecular flexibility index (Phi) is 5.13. The van der Waals surface area contributed by atoms with Gasteiger partial charge in [0.1, 0.15) is 5.75 Å². The first kappa shape index (κ1) is 14.5. The van der Waals surface area contributed by atoms with Gasteiger partial charge in [-0.2, -0.15) is 0 Å². The molecule has 0 radical (unpaired) electrons. The Morgan fingerprint density at radius 2 is 1.90 bits per heavy atom. The van der Waals surface area contributed by atoms with Gasteiger partial charge >= 0.3 is 0 Å². The third-order valence-electron chi connectivity index (χ3n) is 3.28. The minimum atomic E-state index is 0.500. The molecule has 0 saturated carbocycles. The lowest BCUT2D eigenvalue weighted by Gasteiger charge is -2.09. The molecule has 0 unspecified atom stereocenters. The first-order valence-electron chi connectivity index (χ1n) is 7.15. The van der Waals surface area contributed by atoms with E-state index in [2.05, 4.69) is 24.0 Å². The molecule has 0 aliphatic rings. The number of hydrogen-bond donors (Lipinski definition) is 1. The van der Waals surface area contributed by atoms with Crippen LogP contribution in [-0.2, 0) is 13.0 Å². The van der Waals surface area contributed by atoms with Gasteiger partial charge in [-0.05, 0) is 49.1 Å². The molecule has 20 heavy (non-hydrogen) atoms. The zero-order valence-corrected chi connectivity index (χ0v) is 12.2. The van der Waals surface area contributed by atoms with Gasteiger partial charge in [0.15, 0.2) is 0 Å². The largest absolute Gasteiger partial charge is 0.439 e. The molecule has 0 atom stereocenters. The van der Waals surface area contributed by atoms with E-state index in [9.17, 15) is 0 Å². The number of ether oxygens (including phenoxy) is 1. The lowest BCUT2D eigenvalue weighted by Crippen LogP contribution is -1.99. The van der Waals surface area contributed by atoms with Crippen molar-refractivity contribution in [1.82, 2.24) is 4.98 Å². The maximum absolute atomic E-state index is 5.82. The van der Waals surface area contributed by atoms with Gasteiger partial charge in [-0.15, -0.1) is 0 Å². The normalized spacial score (nSPS) is 10.6. The second-order valence-corrected chi connectivity index (χ2v) is 5.02. The van der Waals surface area contributed by atoms with Gasteiger partial charge in [0.05, 0.1) is 0 Å². The van der Waals surface area contributed by atoms with Crippen molar-refractivity contribution in [2.75, 3.05) is 0 Å². The van der Waals surface area contributed by atoms with Crippen LogP contribution in [0.4, 0.5) is 0 Å². The first-order chi connectivity index (χ1) is 9.72. The van der Waals surface area contributed by atoms with Crippen LogP contribution in [0.5, 0.6) is 11.6 Å². The zero-order chi connectivity index (χ0) is 14.4. The first-order valence-corrected chi connectivity index (χ1v) is 7.15. The summed E-state index contributed by atoms with van der Waals surface area (Å²) >= 11 is 0. The minimum Gasteiger partial charge on any atom is -0.439 e. The summed E-state index contributed by atoms with van der Waals surface area (Å²) in [5, 5.41) is 0. The van der Waals surface area contributed by atoms with Crippen molar-refractivity contribution in [1.29, 1.82) is 0 Å². The number of pyridine rings is 1. The maximum atomic E-state index is 5.82. The Hall–Kier alpha value is -1.87. The number of aromatic nitrogens is 1. The maximum Gasteiger partial charge on any atom is 0.222 e. The molecule has 2 aromatic rings. The molecule has 1 heterocycles. The Labute approximate surface area is 120 Å². The molecule has 0 aliphatic heterocycles. The van der Waals surface area contributed by atoms with E-state index in [1.54, 1.807) is 6.20 Å². The van der Waals surface area contributed by atoms with Gasteiger partial charge < -0.3 is 10.5 Å². The Balaban J connectivity index is 2.06. The molecule has 0 aliphatic carbocycles. The van der Waals surface area contributed by atoms with Crippen LogP contribution >= 0.6 is 0 Å². The van der Waals surface area contributed by atoms with Crippen LogP contribution in [0, 0.1) is 6.92 Å². The summed E-state index contributed by atoms with van der Waals surface area (Å²) in [5.74, 6) is 1.46. The van der Waals surface area contributed by atoms with E-state index in [-0.39, 0.29) is 0 Å². The molecular weight excluding hydrogens is 248 g/mol. The summed E-state index contributed by atoms with van der Waals surface area (Å²) in [6.07, 6.45) is 5.33. The molecule has 0 bridgehead atoms. The van der Waals surface area contributed by atoms with Crippen molar-refractivity contribution in [3.8, 4) is 11.6 Å². The molecule has 106 valence electrons. The van der Waals surface area contributed by atoms with E-state index in [1.807, 2.05) is 25.1 Å². The highest BCUT2D eigenvalue weighted by Gasteiger charge is 2.04. The molecule has 1 aromatic heterocycles. The fourth-order valence-corrected chi connectivity index (χ4v) is 2.06. The van der Waals surface area contributed by atoms with E-state index < -0.39 is 0 Å². The quantitative estimate of drug-likeness (QED) is 0.863. The molecule has 0 fully saturated rings. The molecule has 3 heteroatoms. The van der Waals surface area contributed by atoms with Crippen molar-refractivity contribution < 1.29 is 4.74 Å². The van der Waals surface area contributed by atoms with Crippen molar-refractivity contribution >= 4 is 0 Å². The summed E-state index contributed by atoms with van der Waals surface area (Å²) in [6, 6.07) is 10.3. The lowest BCUT2D eigenvalue weighted by atomic mass is 10.1. The zero-order valence-electron chi connectivity index (χ0n) is 12.2. The minimum absolute atomic E-state index is 0.500. The molecule has 2 N–H and O–H groups in total. The molecular formula is C17H22N2O. The van der Waals surface area contributed by atoms with Gasteiger partial charge in [-0.3, -0.25) is 0 Å². The van der Waals surface area contributed by atoms with Crippen molar-refractivity contribution in [3.63, 3.8) is 0 Å². The van der Waals surface area contributed by atoms with E-state index in [0.717, 1.165) is 23.3 Å². The molecule has 1 aromatic carbocycles. The number of aryl methyl sites for hydroxylation is 2. The van der Waals surface area contributed by atoms with E-state index in [4.69, 9.17) is 10.5 Å². The van der Waals surface area contributed by atoms with Gasteiger partial charge in [0.25, 0.3) is 0 Å². The standard InChI is InChI=1S/C17H22N2O/c1-3-4-5-14-6-8-16(9-7-14)20-17-13(2)10-15(11-18)12-19-17/h6-10,12H,3-5,11,18H2,1-2H3. The number of rotatable bonds is 6. The average molecular weight is 270 g/mol. The topological polar surface area (TPSA) is 48.1 Å². The smallest absolute Gasteiger partial charge is 0.222 e. The van der Waals surface area contributed by atoms with E-state index in [0.29, 0.717) is 12.4 Å². The fraction of sp³-hybridized carbons (Fsp3) is 0.353. The summed E-state index contributed by atoms with van der Waals surface area (Å²) in [5.41, 5.74) is 8.97. The Morgan fingerprint density at radius 1 is 1.15 bits per heavy atom. The van der Waals surface area contributed by atoms with Crippen LogP contribution in [0.25, 0.3) is 0 Å². The van der Waals surface area contributed by atoms with Crippen LogP contribution in [-0.4, -0.2) is 4.98 Å². The Bertz CT molecular complexity index is 549.